The van der Waals surface area contributed by atoms with E-state index in [0.29, 0.717) is 17.1 Å². The predicted molar refractivity (Wildman–Crippen MR) is 82.3 cm³/mol. The second-order valence-corrected chi connectivity index (χ2v) is 8.91. The van der Waals surface area contributed by atoms with Gasteiger partial charge < -0.3 is 5.32 Å². The summed E-state index contributed by atoms with van der Waals surface area (Å²) in [5.74, 6) is 2.99. The largest absolute Gasteiger partial charge is 0.349 e. The summed E-state index contributed by atoms with van der Waals surface area (Å²) in [6.45, 7) is 6.72. The molecule has 0 aromatic carbocycles. The number of β-lactam (4-membered cyclic amide) rings is 1. The van der Waals surface area contributed by atoms with Gasteiger partial charge in [-0.25, -0.2) is 0 Å². The van der Waals surface area contributed by atoms with Crippen molar-refractivity contribution in [1.29, 1.82) is 0 Å². The van der Waals surface area contributed by atoms with Crippen molar-refractivity contribution in [3.05, 3.63) is 0 Å². The number of rotatable bonds is 7. The number of hydrogen-bond acceptors (Lipinski definition) is 3. The Balaban J connectivity index is 1.59. The molecule has 18 heavy (non-hydrogen) atoms. The molecule has 0 spiro atoms. The minimum absolute atomic E-state index is 0.125. The van der Waals surface area contributed by atoms with E-state index in [1.54, 1.807) is 0 Å². The van der Waals surface area contributed by atoms with Gasteiger partial charge in [0.05, 0.1) is 11.5 Å². The van der Waals surface area contributed by atoms with Crippen molar-refractivity contribution in [2.75, 3.05) is 11.5 Å². The van der Waals surface area contributed by atoms with Gasteiger partial charge in [0.25, 0.3) is 0 Å². The molecule has 2 aliphatic heterocycles. The smallest absolute Gasteiger partial charge is 0.227 e. The number of unbranched alkanes of at least 4 members (excludes halogenated alkanes) is 2. The van der Waals surface area contributed by atoms with Gasteiger partial charge in [0, 0.05) is 11.0 Å². The van der Waals surface area contributed by atoms with E-state index in [4.69, 9.17) is 0 Å². The highest BCUT2D eigenvalue weighted by atomic mass is 32.2. The normalized spacial score (nSPS) is 34.3. The Morgan fingerprint density at radius 3 is 2.89 bits per heavy atom. The first-order valence-corrected chi connectivity index (χ1v) is 9.18. The van der Waals surface area contributed by atoms with Crippen molar-refractivity contribution in [2.24, 2.45) is 5.92 Å². The summed E-state index contributed by atoms with van der Waals surface area (Å²) < 4.78 is 0. The van der Waals surface area contributed by atoms with Gasteiger partial charge in [0.15, 0.2) is 0 Å². The first-order valence-electron chi connectivity index (χ1n) is 7.08. The van der Waals surface area contributed by atoms with Crippen LogP contribution in [0.25, 0.3) is 0 Å². The third kappa shape index (κ3) is 3.19. The fourth-order valence-electron chi connectivity index (χ4n) is 2.92. The van der Waals surface area contributed by atoms with Crippen LogP contribution in [-0.2, 0) is 4.79 Å². The van der Waals surface area contributed by atoms with Crippen LogP contribution in [-0.4, -0.2) is 33.5 Å². The molecule has 0 radical (unpaired) electrons. The summed E-state index contributed by atoms with van der Waals surface area (Å²) in [7, 11) is 0. The average molecular weight is 287 g/mol. The summed E-state index contributed by atoms with van der Waals surface area (Å²) in [6, 6.07) is 0. The van der Waals surface area contributed by atoms with E-state index in [9.17, 15) is 4.79 Å². The number of nitrogens with one attached hydrogen (secondary N) is 1. The highest BCUT2D eigenvalue weighted by molar-refractivity contribution is 8.00. The van der Waals surface area contributed by atoms with Crippen LogP contribution in [0.5, 0.6) is 0 Å². The number of thioether (sulfide) groups is 2. The lowest BCUT2D eigenvalue weighted by Crippen LogP contribution is -2.68. The van der Waals surface area contributed by atoms with E-state index in [0.717, 1.165) is 11.0 Å². The van der Waals surface area contributed by atoms with E-state index < -0.39 is 0 Å². The molecule has 2 fully saturated rings. The zero-order chi connectivity index (χ0) is 13.2. The lowest BCUT2D eigenvalue weighted by Gasteiger charge is -2.43. The molecular weight excluding hydrogens is 262 g/mol. The molecule has 1 N–H and O–H groups in total. The van der Waals surface area contributed by atoms with Crippen molar-refractivity contribution in [3.8, 4) is 0 Å². The Kier molecular flexibility index (Phi) is 4.92. The Morgan fingerprint density at radius 2 is 2.22 bits per heavy atom. The number of carbonyl (C=O) groups excluding carboxylic acids is 1. The molecule has 3 atom stereocenters. The van der Waals surface area contributed by atoms with E-state index in [1.807, 2.05) is 11.8 Å². The molecule has 4 heteroatoms. The molecular formula is C14H25NOS2. The Hall–Kier alpha value is 0.170. The van der Waals surface area contributed by atoms with Crippen LogP contribution in [0, 0.1) is 5.92 Å². The molecule has 0 aromatic heterocycles. The standard InChI is InChI=1S/C14H25NOS2/c1-10(2)17-8-6-4-5-7-11-12-13(16)15-14(12,3)9-18-11/h10-12H,4-9H2,1-3H3,(H,15,16)/t11-,12?,14?/m0/s1. The van der Waals surface area contributed by atoms with Gasteiger partial charge in [0.1, 0.15) is 0 Å². The average Bonchev–Trinajstić information content (AvgIpc) is 2.54. The Labute approximate surface area is 119 Å². The zero-order valence-corrected chi connectivity index (χ0v) is 13.3. The highest BCUT2D eigenvalue weighted by Gasteiger charge is 2.57. The molecule has 2 aliphatic rings. The van der Waals surface area contributed by atoms with Gasteiger partial charge in [-0.3, -0.25) is 4.79 Å². The fraction of sp³-hybridized carbons (Fsp3) is 0.929. The minimum Gasteiger partial charge on any atom is -0.349 e. The van der Waals surface area contributed by atoms with Crippen LogP contribution in [0.2, 0.25) is 0 Å². The van der Waals surface area contributed by atoms with Crippen LogP contribution < -0.4 is 5.32 Å². The maximum absolute atomic E-state index is 11.6. The topological polar surface area (TPSA) is 29.1 Å². The number of fused-ring (bicyclic) bond motifs is 1. The van der Waals surface area contributed by atoms with E-state index in [2.05, 4.69) is 37.8 Å². The third-order valence-corrected chi connectivity index (χ3v) is 6.82. The van der Waals surface area contributed by atoms with Crippen molar-refractivity contribution in [2.45, 2.75) is 62.5 Å². The fourth-order valence-corrected chi connectivity index (χ4v) is 5.53. The maximum Gasteiger partial charge on any atom is 0.227 e. The van der Waals surface area contributed by atoms with E-state index >= 15 is 0 Å². The second kappa shape index (κ2) is 6.08. The lowest BCUT2D eigenvalue weighted by molar-refractivity contribution is -0.138. The summed E-state index contributed by atoms with van der Waals surface area (Å²) in [6.07, 6.45) is 5.16. The molecule has 0 aromatic rings. The van der Waals surface area contributed by atoms with Crippen molar-refractivity contribution in [1.82, 2.24) is 5.32 Å². The van der Waals surface area contributed by atoms with Crippen molar-refractivity contribution in [3.63, 3.8) is 0 Å². The Morgan fingerprint density at radius 1 is 1.44 bits per heavy atom. The third-order valence-electron chi connectivity index (χ3n) is 3.93. The van der Waals surface area contributed by atoms with Gasteiger partial charge >= 0.3 is 0 Å². The van der Waals surface area contributed by atoms with Crippen LogP contribution >= 0.6 is 23.5 Å². The molecule has 1 amide bonds. The number of amides is 1. The van der Waals surface area contributed by atoms with Gasteiger partial charge in [0.2, 0.25) is 5.91 Å². The van der Waals surface area contributed by atoms with Crippen LogP contribution in [0.4, 0.5) is 0 Å². The molecule has 2 unspecified atom stereocenters. The lowest BCUT2D eigenvalue weighted by atomic mass is 9.76. The molecule has 2 heterocycles. The second-order valence-electron chi connectivity index (χ2n) is 6.00. The monoisotopic (exact) mass is 287 g/mol. The molecule has 2 saturated heterocycles. The molecule has 104 valence electrons. The molecule has 0 saturated carbocycles. The highest BCUT2D eigenvalue weighted by Crippen LogP contribution is 2.47. The first-order chi connectivity index (χ1) is 8.53. The minimum atomic E-state index is 0.125. The van der Waals surface area contributed by atoms with Crippen LogP contribution in [0.3, 0.4) is 0 Å². The van der Waals surface area contributed by atoms with Gasteiger partial charge in [-0.15, -0.1) is 0 Å². The summed E-state index contributed by atoms with van der Waals surface area (Å²) in [4.78, 5) is 11.6. The van der Waals surface area contributed by atoms with E-state index in [1.165, 1.54) is 31.4 Å². The number of carbonyl (C=O) groups is 1. The van der Waals surface area contributed by atoms with Gasteiger partial charge in [-0.1, -0.05) is 26.7 Å². The van der Waals surface area contributed by atoms with Crippen LogP contribution in [0.15, 0.2) is 0 Å². The molecule has 2 rings (SSSR count). The maximum atomic E-state index is 11.6. The summed E-state index contributed by atoms with van der Waals surface area (Å²) in [5.41, 5.74) is 0.125. The zero-order valence-electron chi connectivity index (χ0n) is 11.7. The quantitative estimate of drug-likeness (QED) is 0.575. The molecule has 2 nitrogen and oxygen atoms in total. The van der Waals surface area contributed by atoms with Crippen molar-refractivity contribution < 1.29 is 4.79 Å². The van der Waals surface area contributed by atoms with Crippen LogP contribution in [0.1, 0.15) is 46.5 Å². The summed E-state index contributed by atoms with van der Waals surface area (Å²) in [5, 5.41) is 4.41. The van der Waals surface area contributed by atoms with E-state index in [-0.39, 0.29) is 5.54 Å². The van der Waals surface area contributed by atoms with Gasteiger partial charge in [-0.2, -0.15) is 23.5 Å². The Bertz CT molecular complexity index is 308. The number of hydrogen-bond donors (Lipinski definition) is 1. The van der Waals surface area contributed by atoms with Crippen molar-refractivity contribution >= 4 is 29.4 Å². The first kappa shape index (κ1) is 14.6. The molecule has 0 aliphatic carbocycles. The molecule has 0 bridgehead atoms. The predicted octanol–water partition coefficient (Wildman–Crippen LogP) is 3.31. The SMILES string of the molecule is CC(C)SCCCCC[C@@H]1SCC2(C)NC(=O)C12. The van der Waals surface area contributed by atoms with Gasteiger partial charge in [-0.05, 0) is 30.8 Å². The summed E-state index contributed by atoms with van der Waals surface area (Å²) >= 11 is 4.06.